The fourth-order valence-electron chi connectivity index (χ4n) is 9.23. The molecule has 0 bridgehead atoms. The molecule has 65 heavy (non-hydrogen) atoms. The molecule has 336 valence electrons. The molecular formula is C49H52N8O8. The molecule has 1 spiro atoms. The number of hydrogen-bond acceptors (Lipinski definition) is 10. The van der Waals surface area contributed by atoms with Gasteiger partial charge in [0.25, 0.3) is 5.91 Å². The summed E-state index contributed by atoms with van der Waals surface area (Å²) in [5.74, 6) is -0.268. The molecular weight excluding hydrogens is 829 g/mol. The number of imidazole rings is 2. The number of fused-ring (bicyclic) bond motifs is 1. The number of nitrogens with zero attached hydrogens (tertiary/aromatic N) is 4. The molecule has 3 aliphatic heterocycles. The highest BCUT2D eigenvalue weighted by Gasteiger charge is 2.52. The van der Waals surface area contributed by atoms with Gasteiger partial charge in [0.05, 0.1) is 69.8 Å². The van der Waals surface area contributed by atoms with Gasteiger partial charge in [0, 0.05) is 18.5 Å². The zero-order chi connectivity index (χ0) is 45.2. The van der Waals surface area contributed by atoms with Gasteiger partial charge in [-0.1, -0.05) is 92.7 Å². The van der Waals surface area contributed by atoms with Crippen LogP contribution >= 0.6 is 0 Å². The monoisotopic (exact) mass is 880 g/mol. The van der Waals surface area contributed by atoms with Crippen molar-refractivity contribution in [2.75, 3.05) is 40.5 Å². The molecule has 0 unspecified atom stereocenters. The second-order valence-electron chi connectivity index (χ2n) is 17.0. The highest BCUT2D eigenvalue weighted by Crippen LogP contribution is 2.43. The van der Waals surface area contributed by atoms with E-state index in [1.54, 1.807) is 23.2 Å². The lowest BCUT2D eigenvalue weighted by Gasteiger charge is -2.30. The maximum Gasteiger partial charge on any atom is 0.407 e. The van der Waals surface area contributed by atoms with Crippen LogP contribution in [-0.2, 0) is 28.5 Å². The number of carbonyl (C=O) groups is 4. The number of aromatic nitrogens is 4. The minimum atomic E-state index is -0.997. The number of nitrogens with one attached hydrogen (secondary N) is 4. The molecule has 0 aliphatic carbocycles. The third-order valence-electron chi connectivity index (χ3n) is 12.6. The minimum Gasteiger partial charge on any atom is -0.453 e. The van der Waals surface area contributed by atoms with Crippen molar-refractivity contribution in [2.24, 2.45) is 5.92 Å². The third kappa shape index (κ3) is 8.78. The van der Waals surface area contributed by atoms with Crippen molar-refractivity contribution in [3.63, 3.8) is 0 Å². The van der Waals surface area contributed by atoms with E-state index in [0.717, 1.165) is 63.1 Å². The maximum absolute atomic E-state index is 14.3. The Kier molecular flexibility index (Phi) is 12.1. The summed E-state index contributed by atoms with van der Waals surface area (Å²) in [6.07, 6.45) is 4.22. The van der Waals surface area contributed by atoms with E-state index in [0.29, 0.717) is 37.6 Å². The van der Waals surface area contributed by atoms with Crippen molar-refractivity contribution in [3.05, 3.63) is 121 Å². The van der Waals surface area contributed by atoms with Crippen molar-refractivity contribution in [2.45, 2.75) is 63.1 Å². The number of aromatic amines is 2. The summed E-state index contributed by atoms with van der Waals surface area (Å²) in [4.78, 5) is 72.3. The van der Waals surface area contributed by atoms with Crippen molar-refractivity contribution in [3.8, 4) is 33.6 Å². The second-order valence-corrected chi connectivity index (χ2v) is 17.0. The van der Waals surface area contributed by atoms with Gasteiger partial charge < -0.3 is 49.3 Å². The number of H-pyrrole nitrogens is 2. The first-order valence-electron chi connectivity index (χ1n) is 21.9. The molecule has 3 fully saturated rings. The smallest absolute Gasteiger partial charge is 0.407 e. The van der Waals surface area contributed by atoms with E-state index < -0.39 is 36.1 Å². The number of methoxy groups -OCH3 is 2. The fourth-order valence-corrected chi connectivity index (χ4v) is 9.23. The van der Waals surface area contributed by atoms with Gasteiger partial charge in [0.15, 0.2) is 5.79 Å². The Hall–Kier alpha value is -7.04. The molecule has 16 heteroatoms. The number of carbonyl (C=O) groups excluding carboxylic acids is 4. The van der Waals surface area contributed by atoms with E-state index in [-0.39, 0.29) is 30.3 Å². The van der Waals surface area contributed by atoms with Crippen LogP contribution in [0, 0.1) is 5.92 Å². The Morgan fingerprint density at radius 1 is 0.708 bits per heavy atom. The van der Waals surface area contributed by atoms with E-state index in [2.05, 4.69) is 69.1 Å². The number of ether oxygens (including phenoxy) is 4. The summed E-state index contributed by atoms with van der Waals surface area (Å²) >= 11 is 0. The molecule has 5 heterocycles. The topological polar surface area (TPSA) is 193 Å². The molecule has 16 nitrogen and oxygen atoms in total. The average molecular weight is 881 g/mol. The zero-order valence-electron chi connectivity index (χ0n) is 36.7. The number of rotatable bonds is 11. The van der Waals surface area contributed by atoms with Crippen LogP contribution in [0.3, 0.4) is 0 Å². The van der Waals surface area contributed by atoms with Crippen LogP contribution in [0.2, 0.25) is 0 Å². The quantitative estimate of drug-likeness (QED) is 0.102. The first kappa shape index (κ1) is 43.2. The largest absolute Gasteiger partial charge is 0.453 e. The van der Waals surface area contributed by atoms with Gasteiger partial charge in [-0.3, -0.25) is 9.59 Å². The molecule has 4 atom stereocenters. The molecule has 0 radical (unpaired) electrons. The number of benzene rings is 4. The SMILES string of the molecule is COC(=O)N[C@H](C(=O)N1CCC[C@H]1c1ncc(-c2ccc3cc(-c4ccc(-c5cnc([C@@H]6CC7(CN6C(=O)[C@H](NC(=O)OC)c6ccccc6)OCCO7)[nH]5)cc4)ccc3c2)[nH]1)C(C)C. The summed E-state index contributed by atoms with van der Waals surface area (Å²) in [5.41, 5.74) is 6.28. The summed E-state index contributed by atoms with van der Waals surface area (Å²) in [5, 5.41) is 7.57. The molecule has 9 rings (SSSR count). The van der Waals surface area contributed by atoms with Crippen molar-refractivity contribution in [1.29, 1.82) is 0 Å². The van der Waals surface area contributed by atoms with Gasteiger partial charge in [-0.25, -0.2) is 19.6 Å². The molecule has 4 N–H and O–H groups in total. The second kappa shape index (κ2) is 18.2. The van der Waals surface area contributed by atoms with E-state index >= 15 is 0 Å². The minimum absolute atomic E-state index is 0.115. The standard InChI is InChI=1S/C49H52N8O8/c1-29(2)41(54-47(60)62-3)45(58)56-20-8-11-39(56)43-50-27-38(53-43)36-19-18-34-23-33(16-17-35(34)24-36)30-12-14-31(15-13-30)37-26-51-44(52-37)40-25-49(64-21-22-65-49)28-57(40)46(59)42(55-48(61)63-4)32-9-6-5-7-10-32/h5-7,9-10,12-19,23-24,26-27,29,39-42H,8,11,20-22,25,28H2,1-4H3,(H,50,53)(H,51,52)(H,54,60)(H,55,61)/t39-,40-,41-,42+/m0/s1. The Labute approximate surface area is 376 Å². The van der Waals surface area contributed by atoms with Gasteiger partial charge in [-0.15, -0.1) is 0 Å². The first-order chi connectivity index (χ1) is 31.5. The lowest BCUT2D eigenvalue weighted by molar-refractivity contribution is -0.153. The molecule has 2 aromatic heterocycles. The molecule has 3 saturated heterocycles. The first-order valence-corrected chi connectivity index (χ1v) is 21.9. The molecule has 0 saturated carbocycles. The molecule has 4 aromatic carbocycles. The molecule has 3 aliphatic rings. The van der Waals surface area contributed by atoms with Gasteiger partial charge in [0.1, 0.15) is 23.7 Å². The van der Waals surface area contributed by atoms with Crippen LogP contribution < -0.4 is 10.6 Å². The van der Waals surface area contributed by atoms with E-state index in [1.807, 2.05) is 55.3 Å². The Morgan fingerprint density at radius 3 is 1.95 bits per heavy atom. The fraction of sp³-hybridized carbons (Fsp3) is 0.347. The lowest BCUT2D eigenvalue weighted by Crippen LogP contribution is -2.51. The molecule has 6 aromatic rings. The predicted molar refractivity (Wildman–Crippen MR) is 241 cm³/mol. The van der Waals surface area contributed by atoms with Crippen molar-refractivity contribution >= 4 is 34.8 Å². The highest BCUT2D eigenvalue weighted by atomic mass is 16.7. The highest BCUT2D eigenvalue weighted by molar-refractivity contribution is 5.91. The third-order valence-corrected chi connectivity index (χ3v) is 12.6. The number of hydrogen-bond donors (Lipinski definition) is 4. The average Bonchev–Trinajstić information content (AvgIpc) is 4.21. The van der Waals surface area contributed by atoms with Gasteiger partial charge in [-0.2, -0.15) is 0 Å². The van der Waals surface area contributed by atoms with E-state index in [4.69, 9.17) is 28.9 Å². The Bertz CT molecular complexity index is 2690. The van der Waals surface area contributed by atoms with Gasteiger partial charge in [-0.05, 0) is 63.9 Å². The number of alkyl carbamates (subject to hydrolysis) is 2. The zero-order valence-corrected chi connectivity index (χ0v) is 36.7. The van der Waals surface area contributed by atoms with Crippen LogP contribution in [0.4, 0.5) is 9.59 Å². The van der Waals surface area contributed by atoms with Crippen LogP contribution in [0.1, 0.15) is 68.4 Å². The summed E-state index contributed by atoms with van der Waals surface area (Å²) < 4.78 is 21.8. The van der Waals surface area contributed by atoms with Crippen molar-refractivity contribution < 1.29 is 38.1 Å². The number of likely N-dealkylation sites (tertiary alicyclic amines) is 2. The maximum atomic E-state index is 14.3. The lowest BCUT2D eigenvalue weighted by atomic mass is 9.98. The van der Waals surface area contributed by atoms with Crippen molar-refractivity contribution in [1.82, 2.24) is 40.4 Å². The van der Waals surface area contributed by atoms with Gasteiger partial charge >= 0.3 is 12.2 Å². The normalized spacial score (nSPS) is 18.8. The van der Waals surface area contributed by atoms with Crippen LogP contribution in [0.5, 0.6) is 0 Å². The summed E-state index contributed by atoms with van der Waals surface area (Å²) in [6, 6.07) is 27.6. The van der Waals surface area contributed by atoms with Gasteiger partial charge in [0.2, 0.25) is 5.91 Å². The van der Waals surface area contributed by atoms with E-state index in [9.17, 15) is 19.2 Å². The predicted octanol–water partition coefficient (Wildman–Crippen LogP) is 7.44. The van der Waals surface area contributed by atoms with Crippen LogP contribution in [0.15, 0.2) is 103 Å². The Balaban J connectivity index is 0.898. The van der Waals surface area contributed by atoms with E-state index in [1.165, 1.54) is 14.2 Å². The molecule has 4 amide bonds. The number of amides is 4. The summed E-state index contributed by atoms with van der Waals surface area (Å²) in [6.45, 7) is 5.40. The summed E-state index contributed by atoms with van der Waals surface area (Å²) in [7, 11) is 2.55. The van der Waals surface area contributed by atoms with Crippen LogP contribution in [0.25, 0.3) is 44.4 Å². The Morgan fingerprint density at radius 2 is 1.29 bits per heavy atom. The van der Waals surface area contributed by atoms with Crippen LogP contribution in [-0.4, -0.2) is 106 Å².